The summed E-state index contributed by atoms with van der Waals surface area (Å²) in [5.74, 6) is 1.10. The van der Waals surface area contributed by atoms with E-state index in [1.165, 1.54) is 12.1 Å². The number of hydrogen-bond acceptors (Lipinski definition) is 5. The van der Waals surface area contributed by atoms with Crippen LogP contribution in [0.15, 0.2) is 54.6 Å². The van der Waals surface area contributed by atoms with Crippen molar-refractivity contribution in [1.29, 1.82) is 0 Å². The molecule has 1 amide bonds. The number of benzene rings is 2. The molecule has 1 atom stereocenters. The first-order valence-corrected chi connectivity index (χ1v) is 8.94. The second-order valence-electron chi connectivity index (χ2n) is 6.36. The molecule has 2 aromatic carbocycles. The van der Waals surface area contributed by atoms with Gasteiger partial charge in [0, 0.05) is 17.7 Å². The first-order chi connectivity index (χ1) is 13.4. The molecule has 0 aliphatic rings. The van der Waals surface area contributed by atoms with E-state index in [9.17, 15) is 9.18 Å². The van der Waals surface area contributed by atoms with Crippen molar-refractivity contribution in [3.63, 3.8) is 0 Å². The molecule has 0 fully saturated rings. The Morgan fingerprint density at radius 2 is 1.71 bits per heavy atom. The number of rotatable bonds is 7. The average molecular weight is 380 g/mol. The Labute approximate surface area is 162 Å². The molecule has 0 bridgehead atoms. The van der Waals surface area contributed by atoms with Crippen molar-refractivity contribution >= 4 is 11.7 Å². The Bertz CT molecular complexity index is 959. The number of amides is 1. The zero-order valence-corrected chi connectivity index (χ0v) is 15.6. The number of ether oxygens (including phenoxy) is 1. The third kappa shape index (κ3) is 4.82. The monoisotopic (exact) mass is 380 g/mol. The number of primary amides is 1. The fraction of sp³-hybridized carbons (Fsp3) is 0.190. The van der Waals surface area contributed by atoms with Crippen LogP contribution in [-0.2, 0) is 0 Å². The highest BCUT2D eigenvalue weighted by Gasteiger charge is 2.12. The zero-order valence-electron chi connectivity index (χ0n) is 15.6. The number of anilines is 1. The number of nitrogens with one attached hydrogen (secondary N) is 1. The predicted octanol–water partition coefficient (Wildman–Crippen LogP) is 4.38. The fourth-order valence-electron chi connectivity index (χ4n) is 2.44. The molecule has 3 N–H and O–H groups in total. The van der Waals surface area contributed by atoms with E-state index in [0.717, 1.165) is 6.42 Å². The van der Waals surface area contributed by atoms with Gasteiger partial charge in [0.25, 0.3) is 5.91 Å². The van der Waals surface area contributed by atoms with Crippen LogP contribution in [0, 0.1) is 5.82 Å². The van der Waals surface area contributed by atoms with Gasteiger partial charge < -0.3 is 15.8 Å². The summed E-state index contributed by atoms with van der Waals surface area (Å²) < 4.78 is 18.7. The maximum absolute atomic E-state index is 13.0. The lowest BCUT2D eigenvalue weighted by Gasteiger charge is -2.14. The molecule has 1 unspecified atom stereocenters. The zero-order chi connectivity index (χ0) is 20.1. The van der Waals surface area contributed by atoms with E-state index in [1.54, 1.807) is 42.5 Å². The molecule has 6 nitrogen and oxygen atoms in total. The summed E-state index contributed by atoms with van der Waals surface area (Å²) in [5.41, 5.74) is 6.26. The van der Waals surface area contributed by atoms with E-state index in [2.05, 4.69) is 22.2 Å². The van der Waals surface area contributed by atoms with Crippen LogP contribution in [0.5, 0.6) is 11.5 Å². The molecule has 1 heterocycles. The summed E-state index contributed by atoms with van der Waals surface area (Å²) in [4.78, 5) is 20.4. The molecule has 144 valence electrons. The normalized spacial score (nSPS) is 11.7. The Morgan fingerprint density at radius 3 is 2.29 bits per heavy atom. The SMILES string of the molecule is CCC(C)Nc1cc(C(N)=O)nc(-c2ccc(Oc3ccc(F)cc3)cc2)n1. The standard InChI is InChI=1S/C21H21FN4O2/c1-3-13(2)24-19-12-18(20(23)27)25-21(26-19)14-4-8-16(9-5-14)28-17-10-6-15(22)7-11-17/h4-13H,3H2,1-2H3,(H2,23,27)(H,24,25,26). The highest BCUT2D eigenvalue weighted by Crippen LogP contribution is 2.25. The minimum atomic E-state index is -0.618. The van der Waals surface area contributed by atoms with Crippen LogP contribution in [0.1, 0.15) is 30.8 Å². The third-order valence-electron chi connectivity index (χ3n) is 4.15. The van der Waals surface area contributed by atoms with Gasteiger partial charge in [0.05, 0.1) is 0 Å². The minimum Gasteiger partial charge on any atom is -0.457 e. The Kier molecular flexibility index (Phi) is 5.84. The van der Waals surface area contributed by atoms with Gasteiger partial charge in [-0.2, -0.15) is 0 Å². The number of nitrogens with zero attached hydrogens (tertiary/aromatic N) is 2. The number of carbonyl (C=O) groups excluding carboxylic acids is 1. The molecule has 7 heteroatoms. The Hall–Kier alpha value is -3.48. The van der Waals surface area contributed by atoms with E-state index < -0.39 is 5.91 Å². The lowest BCUT2D eigenvalue weighted by Crippen LogP contribution is -2.18. The number of halogens is 1. The van der Waals surface area contributed by atoms with Crippen LogP contribution in [0.3, 0.4) is 0 Å². The fourth-order valence-corrected chi connectivity index (χ4v) is 2.44. The summed E-state index contributed by atoms with van der Waals surface area (Å²) >= 11 is 0. The molecule has 0 radical (unpaired) electrons. The van der Waals surface area contributed by atoms with Gasteiger partial charge in [-0.05, 0) is 61.9 Å². The van der Waals surface area contributed by atoms with E-state index in [0.29, 0.717) is 28.7 Å². The summed E-state index contributed by atoms with van der Waals surface area (Å²) in [6.07, 6.45) is 0.903. The van der Waals surface area contributed by atoms with Crippen LogP contribution >= 0.6 is 0 Å². The van der Waals surface area contributed by atoms with E-state index in [-0.39, 0.29) is 17.6 Å². The molecule has 0 aliphatic carbocycles. The van der Waals surface area contributed by atoms with Crippen molar-refractivity contribution in [3.8, 4) is 22.9 Å². The van der Waals surface area contributed by atoms with E-state index in [4.69, 9.17) is 10.5 Å². The first kappa shape index (κ1) is 19.3. The predicted molar refractivity (Wildman–Crippen MR) is 106 cm³/mol. The van der Waals surface area contributed by atoms with Gasteiger partial charge in [0.15, 0.2) is 5.82 Å². The van der Waals surface area contributed by atoms with Crippen LogP contribution < -0.4 is 15.8 Å². The van der Waals surface area contributed by atoms with E-state index >= 15 is 0 Å². The highest BCUT2D eigenvalue weighted by atomic mass is 19.1. The summed E-state index contributed by atoms with van der Waals surface area (Å²) in [6, 6.07) is 14.6. The van der Waals surface area contributed by atoms with Gasteiger partial charge in [-0.1, -0.05) is 6.92 Å². The maximum atomic E-state index is 13.0. The Balaban J connectivity index is 1.85. The molecular weight excluding hydrogens is 359 g/mol. The van der Waals surface area contributed by atoms with Gasteiger partial charge in [0.1, 0.15) is 28.8 Å². The van der Waals surface area contributed by atoms with Crippen LogP contribution in [0.2, 0.25) is 0 Å². The largest absolute Gasteiger partial charge is 0.457 e. The van der Waals surface area contributed by atoms with Crippen molar-refractivity contribution in [1.82, 2.24) is 9.97 Å². The van der Waals surface area contributed by atoms with Crippen LogP contribution in [0.25, 0.3) is 11.4 Å². The quantitative estimate of drug-likeness (QED) is 0.635. The second-order valence-corrected chi connectivity index (χ2v) is 6.36. The lowest BCUT2D eigenvalue weighted by molar-refractivity contribution is 0.0995. The molecule has 1 aromatic heterocycles. The van der Waals surface area contributed by atoms with Crippen molar-refractivity contribution in [2.75, 3.05) is 5.32 Å². The topological polar surface area (TPSA) is 90.1 Å². The average Bonchev–Trinajstić information content (AvgIpc) is 2.70. The number of carbonyl (C=O) groups is 1. The second kappa shape index (κ2) is 8.47. The molecule has 3 rings (SSSR count). The summed E-state index contributed by atoms with van der Waals surface area (Å²) in [5, 5.41) is 3.23. The molecule has 28 heavy (non-hydrogen) atoms. The van der Waals surface area contributed by atoms with Gasteiger partial charge in [-0.25, -0.2) is 14.4 Å². The molecule has 0 aliphatic heterocycles. The summed E-state index contributed by atoms with van der Waals surface area (Å²) in [7, 11) is 0. The lowest BCUT2D eigenvalue weighted by atomic mass is 10.2. The van der Waals surface area contributed by atoms with Crippen molar-refractivity contribution in [2.45, 2.75) is 26.3 Å². The number of hydrogen-bond donors (Lipinski definition) is 2. The van der Waals surface area contributed by atoms with Gasteiger partial charge in [-0.3, -0.25) is 4.79 Å². The van der Waals surface area contributed by atoms with Crippen molar-refractivity contribution < 1.29 is 13.9 Å². The van der Waals surface area contributed by atoms with Gasteiger partial charge in [-0.15, -0.1) is 0 Å². The van der Waals surface area contributed by atoms with E-state index in [1.807, 2.05) is 6.92 Å². The molecule has 0 saturated heterocycles. The van der Waals surface area contributed by atoms with Crippen molar-refractivity contribution in [3.05, 3.63) is 66.1 Å². The summed E-state index contributed by atoms with van der Waals surface area (Å²) in [6.45, 7) is 4.07. The molecule has 0 spiro atoms. The molecular formula is C21H21FN4O2. The highest BCUT2D eigenvalue weighted by molar-refractivity contribution is 5.92. The van der Waals surface area contributed by atoms with Gasteiger partial charge in [0.2, 0.25) is 0 Å². The van der Waals surface area contributed by atoms with Crippen LogP contribution in [0.4, 0.5) is 10.2 Å². The van der Waals surface area contributed by atoms with Gasteiger partial charge >= 0.3 is 0 Å². The number of aromatic nitrogens is 2. The minimum absolute atomic E-state index is 0.141. The maximum Gasteiger partial charge on any atom is 0.267 e. The first-order valence-electron chi connectivity index (χ1n) is 8.94. The van der Waals surface area contributed by atoms with Crippen molar-refractivity contribution in [2.24, 2.45) is 5.73 Å². The molecule has 0 saturated carbocycles. The third-order valence-corrected chi connectivity index (χ3v) is 4.15. The number of nitrogens with two attached hydrogens (primary N) is 1. The smallest absolute Gasteiger partial charge is 0.267 e. The Morgan fingerprint density at radius 1 is 1.11 bits per heavy atom. The molecule has 3 aromatic rings. The van der Waals surface area contributed by atoms with Crippen LogP contribution in [-0.4, -0.2) is 21.9 Å².